The van der Waals surface area contributed by atoms with Crippen LogP contribution in [0.5, 0.6) is 5.75 Å². The van der Waals surface area contributed by atoms with E-state index in [4.69, 9.17) is 0 Å². The van der Waals surface area contributed by atoms with Gasteiger partial charge < -0.3 is 0 Å². The summed E-state index contributed by atoms with van der Waals surface area (Å²) in [6.07, 6.45) is 0. The molecule has 3 heteroatoms. The Morgan fingerprint density at radius 1 is 1.00 bits per heavy atom. The monoisotopic (exact) mass is 285 g/mol. The van der Waals surface area contributed by atoms with E-state index < -0.39 is 0 Å². The highest BCUT2D eigenvalue weighted by Gasteiger charge is 2.09. The Balaban J connectivity index is 2.05. The van der Waals surface area contributed by atoms with Gasteiger partial charge in [-0.3, -0.25) is 9.90 Å². The van der Waals surface area contributed by atoms with Crippen molar-refractivity contribution in [3.63, 3.8) is 0 Å². The summed E-state index contributed by atoms with van der Waals surface area (Å²) in [7, 11) is 0. The fourth-order valence-corrected chi connectivity index (χ4v) is 2.95. The lowest BCUT2D eigenvalue weighted by Gasteiger charge is -2.06. The predicted molar refractivity (Wildman–Crippen MR) is 82.3 cm³/mol. The summed E-state index contributed by atoms with van der Waals surface area (Å²) < 4.78 is 0. The Morgan fingerprint density at radius 2 is 1.55 bits per heavy atom. The van der Waals surface area contributed by atoms with E-state index in [0.717, 1.165) is 27.1 Å². The Bertz CT molecular complexity index is 607. The van der Waals surface area contributed by atoms with Crippen molar-refractivity contribution in [2.75, 3.05) is 5.75 Å². The molecule has 2 nitrogen and oxygen atoms in total. The molecule has 0 heterocycles. The number of hydrogen-bond acceptors (Lipinski definition) is 2. The molecule has 0 fully saturated rings. The van der Waals surface area contributed by atoms with Gasteiger partial charge in [-0.25, -0.2) is 0 Å². The van der Waals surface area contributed by atoms with E-state index in [0.29, 0.717) is 5.75 Å². The van der Waals surface area contributed by atoms with Gasteiger partial charge in [-0.1, -0.05) is 29.8 Å². The second kappa shape index (κ2) is 6.14. The van der Waals surface area contributed by atoms with Crippen molar-refractivity contribution in [3.8, 4) is 5.75 Å². The van der Waals surface area contributed by atoms with Crippen LogP contribution in [0.2, 0.25) is 0 Å². The molecule has 0 saturated carbocycles. The minimum absolute atomic E-state index is 0.0826. The van der Waals surface area contributed by atoms with Crippen LogP contribution in [0, 0.1) is 20.8 Å². The lowest BCUT2D eigenvalue weighted by Crippen LogP contribution is -2.02. The van der Waals surface area contributed by atoms with Crippen LogP contribution in [0.1, 0.15) is 27.0 Å². The van der Waals surface area contributed by atoms with Gasteiger partial charge in [0.25, 0.3) is 0 Å². The number of Topliss-reactive ketones (excluding diaryl/α,β-unsaturated/α-hetero) is 1. The van der Waals surface area contributed by atoms with Gasteiger partial charge in [-0.05, 0) is 44.0 Å². The van der Waals surface area contributed by atoms with Crippen molar-refractivity contribution in [1.29, 1.82) is 0 Å². The molecule has 0 aliphatic carbocycles. The Kier molecular flexibility index (Phi) is 4.50. The first-order valence-corrected chi connectivity index (χ1v) is 7.47. The Labute approximate surface area is 123 Å². The van der Waals surface area contributed by atoms with Gasteiger partial charge in [0, 0.05) is 10.5 Å². The summed E-state index contributed by atoms with van der Waals surface area (Å²) in [6, 6.07) is 11.3. The zero-order valence-corrected chi connectivity index (χ0v) is 12.7. The normalized spacial score (nSPS) is 10.6. The van der Waals surface area contributed by atoms with E-state index in [2.05, 4.69) is 0 Å². The van der Waals surface area contributed by atoms with Crippen LogP contribution in [0.3, 0.4) is 0 Å². The third-order valence-corrected chi connectivity index (χ3v) is 4.15. The van der Waals surface area contributed by atoms with Crippen molar-refractivity contribution in [2.24, 2.45) is 0 Å². The smallest absolute Gasteiger partial charge is 0.184 e. The van der Waals surface area contributed by atoms with Crippen LogP contribution in [0.4, 0.5) is 0 Å². The van der Waals surface area contributed by atoms with Gasteiger partial charge in [0.05, 0.1) is 5.75 Å². The fourth-order valence-electron chi connectivity index (χ4n) is 1.97. The largest absolute Gasteiger partial charge is 0.293 e. The van der Waals surface area contributed by atoms with Crippen molar-refractivity contribution < 1.29 is 9.90 Å². The number of hydrogen-bond donors (Lipinski definition) is 0. The molecule has 0 spiro atoms. The Hall–Kier alpha value is -1.74. The van der Waals surface area contributed by atoms with Crippen molar-refractivity contribution in [1.82, 2.24) is 0 Å². The maximum atomic E-state index is 12.1. The highest BCUT2D eigenvalue weighted by atomic mass is 32.2. The van der Waals surface area contributed by atoms with Gasteiger partial charge in [0.2, 0.25) is 0 Å². The topological polar surface area (TPSA) is 37.0 Å². The maximum absolute atomic E-state index is 12.1. The molecule has 2 aromatic rings. The Morgan fingerprint density at radius 3 is 2.10 bits per heavy atom. The third-order valence-electron chi connectivity index (χ3n) is 3.18. The van der Waals surface area contributed by atoms with Crippen LogP contribution in [-0.2, 0) is 5.11 Å². The van der Waals surface area contributed by atoms with Gasteiger partial charge in [-0.15, -0.1) is 11.8 Å². The average Bonchev–Trinajstić information content (AvgIpc) is 2.42. The molecule has 0 aliphatic rings. The summed E-state index contributed by atoms with van der Waals surface area (Å²) in [5, 5.41) is 11.6. The van der Waals surface area contributed by atoms with Crippen molar-refractivity contribution in [3.05, 3.63) is 58.7 Å². The van der Waals surface area contributed by atoms with Gasteiger partial charge in [0.1, 0.15) is 0 Å². The summed E-state index contributed by atoms with van der Waals surface area (Å²) in [4.78, 5) is 13.1. The molecular weight excluding hydrogens is 268 g/mol. The number of benzene rings is 2. The minimum Gasteiger partial charge on any atom is -0.293 e. The molecule has 0 saturated heterocycles. The molecular formula is C17H17O2S. The van der Waals surface area contributed by atoms with E-state index >= 15 is 0 Å². The van der Waals surface area contributed by atoms with E-state index in [9.17, 15) is 9.90 Å². The van der Waals surface area contributed by atoms with E-state index in [1.807, 2.05) is 43.3 Å². The molecule has 2 aromatic carbocycles. The molecule has 1 radical (unpaired) electrons. The number of aryl methyl sites for hydroxylation is 3. The molecule has 2 rings (SSSR count). The van der Waals surface area contributed by atoms with Crippen LogP contribution < -0.4 is 0 Å². The molecule has 0 aliphatic heterocycles. The highest BCUT2D eigenvalue weighted by molar-refractivity contribution is 8.00. The molecule has 0 amide bonds. The third kappa shape index (κ3) is 3.42. The summed E-state index contributed by atoms with van der Waals surface area (Å²) >= 11 is 1.48. The lowest BCUT2D eigenvalue weighted by molar-refractivity contribution is 0.102. The quantitative estimate of drug-likeness (QED) is 0.601. The molecule has 0 N–H and O–H groups in total. The van der Waals surface area contributed by atoms with E-state index in [-0.39, 0.29) is 11.5 Å². The maximum Gasteiger partial charge on any atom is 0.184 e. The number of thioether (sulfide) groups is 1. The second-order valence-electron chi connectivity index (χ2n) is 4.96. The number of carbonyl (C=O) groups is 1. The van der Waals surface area contributed by atoms with E-state index in [1.54, 1.807) is 13.8 Å². The van der Waals surface area contributed by atoms with Crippen LogP contribution in [0.25, 0.3) is 0 Å². The fraction of sp³-hybridized carbons (Fsp3) is 0.235. The number of carbonyl (C=O) groups excluding carboxylic acids is 1. The van der Waals surface area contributed by atoms with Gasteiger partial charge in [-0.2, -0.15) is 0 Å². The summed E-state index contributed by atoms with van der Waals surface area (Å²) in [6.45, 7) is 5.61. The molecule has 0 unspecified atom stereocenters. The predicted octanol–water partition coefficient (Wildman–Crippen LogP) is 4.73. The SMILES string of the molecule is Cc1ccc(C(=O)CSc2cc(C)c([O])c(C)c2)cc1. The standard InChI is InChI=1S/C17H17O2S/c1-11-4-6-14(7-5-11)16(18)10-20-15-8-12(2)17(19)13(3)9-15/h4-9H,10H2,1-3H3. The summed E-state index contributed by atoms with van der Waals surface area (Å²) in [5.74, 6) is 0.580. The van der Waals surface area contributed by atoms with Crippen molar-refractivity contribution >= 4 is 17.5 Å². The first-order valence-electron chi connectivity index (χ1n) is 6.48. The molecule has 0 aromatic heterocycles. The zero-order valence-electron chi connectivity index (χ0n) is 11.9. The highest BCUT2D eigenvalue weighted by Crippen LogP contribution is 2.29. The first kappa shape index (κ1) is 14.7. The van der Waals surface area contributed by atoms with Crippen LogP contribution in [0.15, 0.2) is 41.3 Å². The van der Waals surface area contributed by atoms with Gasteiger partial charge >= 0.3 is 0 Å². The molecule has 103 valence electrons. The van der Waals surface area contributed by atoms with Gasteiger partial charge in [0.15, 0.2) is 11.5 Å². The zero-order chi connectivity index (χ0) is 14.7. The average molecular weight is 285 g/mol. The lowest BCUT2D eigenvalue weighted by atomic mass is 10.1. The molecule has 0 atom stereocenters. The minimum atomic E-state index is 0.0826. The van der Waals surface area contributed by atoms with Crippen LogP contribution >= 0.6 is 11.8 Å². The number of rotatable bonds is 4. The van der Waals surface area contributed by atoms with Crippen LogP contribution in [-0.4, -0.2) is 11.5 Å². The second-order valence-corrected chi connectivity index (χ2v) is 6.01. The molecule has 0 bridgehead atoms. The first-order chi connectivity index (χ1) is 9.47. The molecule has 20 heavy (non-hydrogen) atoms. The summed E-state index contributed by atoms with van der Waals surface area (Å²) in [5.41, 5.74) is 3.34. The van der Waals surface area contributed by atoms with Crippen molar-refractivity contribution in [2.45, 2.75) is 25.7 Å². The number of ketones is 1. The van der Waals surface area contributed by atoms with E-state index in [1.165, 1.54) is 11.8 Å².